The SMILES string of the molecule is O=C(O)N1CCc2cccnc21. The van der Waals surface area contributed by atoms with Crippen LogP contribution in [0.5, 0.6) is 0 Å². The topological polar surface area (TPSA) is 53.4 Å². The number of amides is 1. The van der Waals surface area contributed by atoms with Gasteiger partial charge in [-0.2, -0.15) is 0 Å². The maximum atomic E-state index is 10.7. The van der Waals surface area contributed by atoms with Gasteiger partial charge in [-0.25, -0.2) is 9.78 Å². The van der Waals surface area contributed by atoms with Gasteiger partial charge in [0.25, 0.3) is 0 Å². The van der Waals surface area contributed by atoms with Gasteiger partial charge in [-0.1, -0.05) is 6.07 Å². The fraction of sp³-hybridized carbons (Fsp3) is 0.250. The normalized spacial score (nSPS) is 14.5. The molecular weight excluding hydrogens is 156 g/mol. The van der Waals surface area contributed by atoms with Crippen LogP contribution < -0.4 is 4.90 Å². The predicted octanol–water partition coefficient (Wildman–Crippen LogP) is 1.12. The van der Waals surface area contributed by atoms with Crippen LogP contribution in [0.15, 0.2) is 18.3 Å². The number of pyridine rings is 1. The summed E-state index contributed by atoms with van der Waals surface area (Å²) in [4.78, 5) is 15.9. The molecule has 4 nitrogen and oxygen atoms in total. The van der Waals surface area contributed by atoms with Gasteiger partial charge in [-0.05, 0) is 18.1 Å². The minimum Gasteiger partial charge on any atom is -0.465 e. The minimum atomic E-state index is -0.924. The van der Waals surface area contributed by atoms with E-state index < -0.39 is 6.09 Å². The molecule has 0 aromatic carbocycles. The van der Waals surface area contributed by atoms with Crippen LogP contribution in [0.25, 0.3) is 0 Å². The molecule has 1 N–H and O–H groups in total. The summed E-state index contributed by atoms with van der Waals surface area (Å²) in [5.74, 6) is 0.588. The van der Waals surface area contributed by atoms with Crippen molar-refractivity contribution >= 4 is 11.9 Å². The van der Waals surface area contributed by atoms with Crippen LogP contribution in [0.4, 0.5) is 10.6 Å². The van der Waals surface area contributed by atoms with Crippen LogP contribution in [0.1, 0.15) is 5.56 Å². The van der Waals surface area contributed by atoms with E-state index in [1.54, 1.807) is 6.20 Å². The van der Waals surface area contributed by atoms with Crippen molar-refractivity contribution in [2.24, 2.45) is 0 Å². The van der Waals surface area contributed by atoms with Crippen LogP contribution in [-0.2, 0) is 6.42 Å². The third kappa shape index (κ3) is 0.922. The largest absolute Gasteiger partial charge is 0.465 e. The van der Waals surface area contributed by atoms with Crippen molar-refractivity contribution in [2.45, 2.75) is 6.42 Å². The second-order valence-electron chi connectivity index (χ2n) is 2.67. The summed E-state index contributed by atoms with van der Waals surface area (Å²) in [5, 5.41) is 8.75. The van der Waals surface area contributed by atoms with Crippen molar-refractivity contribution < 1.29 is 9.90 Å². The Balaban J connectivity index is 2.42. The summed E-state index contributed by atoms with van der Waals surface area (Å²) >= 11 is 0. The van der Waals surface area contributed by atoms with Gasteiger partial charge in [0.05, 0.1) is 0 Å². The average molecular weight is 164 g/mol. The highest BCUT2D eigenvalue weighted by molar-refractivity contribution is 5.87. The van der Waals surface area contributed by atoms with E-state index in [-0.39, 0.29) is 0 Å². The summed E-state index contributed by atoms with van der Waals surface area (Å²) in [6, 6.07) is 3.73. The van der Waals surface area contributed by atoms with E-state index in [1.807, 2.05) is 12.1 Å². The molecule has 2 heterocycles. The van der Waals surface area contributed by atoms with E-state index >= 15 is 0 Å². The highest BCUT2D eigenvalue weighted by Crippen LogP contribution is 2.24. The Morgan fingerprint density at radius 2 is 2.50 bits per heavy atom. The summed E-state index contributed by atoms with van der Waals surface area (Å²) in [5.41, 5.74) is 1.01. The third-order valence-corrected chi connectivity index (χ3v) is 1.96. The van der Waals surface area contributed by atoms with Gasteiger partial charge in [0, 0.05) is 12.7 Å². The number of rotatable bonds is 0. The number of fused-ring (bicyclic) bond motifs is 1. The molecule has 0 atom stereocenters. The quantitative estimate of drug-likeness (QED) is 0.625. The predicted molar refractivity (Wildman–Crippen MR) is 43.3 cm³/mol. The number of hydrogen-bond acceptors (Lipinski definition) is 2. The van der Waals surface area contributed by atoms with E-state index in [4.69, 9.17) is 5.11 Å². The van der Waals surface area contributed by atoms with Gasteiger partial charge >= 0.3 is 6.09 Å². The lowest BCUT2D eigenvalue weighted by molar-refractivity contribution is 0.202. The molecule has 0 radical (unpaired) electrons. The Hall–Kier alpha value is -1.58. The Morgan fingerprint density at radius 3 is 3.25 bits per heavy atom. The highest BCUT2D eigenvalue weighted by atomic mass is 16.4. The maximum Gasteiger partial charge on any atom is 0.413 e. The fourth-order valence-corrected chi connectivity index (χ4v) is 1.39. The Kier molecular flexibility index (Phi) is 1.46. The Morgan fingerprint density at radius 1 is 1.67 bits per heavy atom. The molecule has 1 aromatic rings. The maximum absolute atomic E-state index is 10.7. The van der Waals surface area contributed by atoms with Crippen LogP contribution in [0, 0.1) is 0 Å². The number of nitrogens with zero attached hydrogens (tertiary/aromatic N) is 2. The van der Waals surface area contributed by atoms with Crippen molar-refractivity contribution in [1.29, 1.82) is 0 Å². The smallest absolute Gasteiger partial charge is 0.413 e. The van der Waals surface area contributed by atoms with Gasteiger partial charge in [0.15, 0.2) is 0 Å². The van der Waals surface area contributed by atoms with E-state index in [9.17, 15) is 4.79 Å². The van der Waals surface area contributed by atoms with Gasteiger partial charge in [0.2, 0.25) is 0 Å². The first kappa shape index (κ1) is 7.09. The molecule has 2 rings (SSSR count). The summed E-state index contributed by atoms with van der Waals surface area (Å²) < 4.78 is 0. The van der Waals surface area contributed by atoms with E-state index in [0.29, 0.717) is 12.4 Å². The van der Waals surface area contributed by atoms with E-state index in [2.05, 4.69) is 4.98 Å². The van der Waals surface area contributed by atoms with Gasteiger partial charge in [-0.15, -0.1) is 0 Å². The zero-order valence-electron chi connectivity index (χ0n) is 6.40. The molecule has 62 valence electrons. The first-order chi connectivity index (χ1) is 5.79. The molecule has 0 spiro atoms. The summed E-state index contributed by atoms with van der Waals surface area (Å²) in [7, 11) is 0. The van der Waals surface area contributed by atoms with Crippen LogP contribution in [0.2, 0.25) is 0 Å². The Labute approximate surface area is 69.5 Å². The van der Waals surface area contributed by atoms with Gasteiger partial charge < -0.3 is 5.11 Å². The van der Waals surface area contributed by atoms with Gasteiger partial charge in [0.1, 0.15) is 5.82 Å². The van der Waals surface area contributed by atoms with Crippen LogP contribution in [0.3, 0.4) is 0 Å². The fourth-order valence-electron chi connectivity index (χ4n) is 1.39. The van der Waals surface area contributed by atoms with Crippen molar-refractivity contribution in [1.82, 2.24) is 4.98 Å². The van der Waals surface area contributed by atoms with Crippen LogP contribution >= 0.6 is 0 Å². The van der Waals surface area contributed by atoms with E-state index in [1.165, 1.54) is 4.90 Å². The monoisotopic (exact) mass is 164 g/mol. The molecule has 0 bridgehead atoms. The molecule has 0 saturated heterocycles. The molecule has 1 aliphatic rings. The first-order valence-electron chi connectivity index (χ1n) is 3.73. The second kappa shape index (κ2) is 2.48. The van der Waals surface area contributed by atoms with Crippen LogP contribution in [-0.4, -0.2) is 22.7 Å². The Bertz CT molecular complexity index is 325. The van der Waals surface area contributed by atoms with Crippen molar-refractivity contribution in [3.8, 4) is 0 Å². The number of aromatic nitrogens is 1. The molecule has 1 amide bonds. The zero-order valence-corrected chi connectivity index (χ0v) is 6.40. The molecular formula is C8H8N2O2. The lowest BCUT2D eigenvalue weighted by Gasteiger charge is -2.09. The lowest BCUT2D eigenvalue weighted by Crippen LogP contribution is -2.27. The standard InChI is InChI=1S/C8H8N2O2/c11-8(12)10-5-3-6-2-1-4-9-7(6)10/h1-2,4H,3,5H2,(H,11,12). The number of hydrogen-bond donors (Lipinski definition) is 1. The van der Waals surface area contributed by atoms with Crippen molar-refractivity contribution in [3.05, 3.63) is 23.9 Å². The molecule has 1 aromatic heterocycles. The molecule has 0 unspecified atom stereocenters. The molecule has 0 saturated carbocycles. The van der Waals surface area contributed by atoms with E-state index in [0.717, 1.165) is 12.0 Å². The molecule has 0 fully saturated rings. The summed E-state index contributed by atoms with van der Waals surface area (Å²) in [6.45, 7) is 0.529. The zero-order chi connectivity index (χ0) is 8.55. The minimum absolute atomic E-state index is 0.529. The average Bonchev–Trinajstić information content (AvgIpc) is 2.47. The lowest BCUT2D eigenvalue weighted by atomic mass is 10.2. The molecule has 1 aliphatic heterocycles. The van der Waals surface area contributed by atoms with Crippen molar-refractivity contribution in [2.75, 3.05) is 11.4 Å². The second-order valence-corrected chi connectivity index (χ2v) is 2.67. The third-order valence-electron chi connectivity index (χ3n) is 1.96. The molecule has 0 aliphatic carbocycles. The molecule has 4 heteroatoms. The number of anilines is 1. The van der Waals surface area contributed by atoms with Gasteiger partial charge in [-0.3, -0.25) is 4.90 Å². The highest BCUT2D eigenvalue weighted by Gasteiger charge is 2.24. The number of carbonyl (C=O) groups is 1. The first-order valence-corrected chi connectivity index (χ1v) is 3.73. The summed E-state index contributed by atoms with van der Waals surface area (Å²) in [6.07, 6.45) is 1.46. The molecule has 12 heavy (non-hydrogen) atoms. The van der Waals surface area contributed by atoms with Crippen molar-refractivity contribution in [3.63, 3.8) is 0 Å². The number of carboxylic acid groups (broad SMARTS) is 1.